The van der Waals surface area contributed by atoms with E-state index < -0.39 is 0 Å². The monoisotopic (exact) mass is 241 g/mol. The van der Waals surface area contributed by atoms with Crippen molar-refractivity contribution in [3.8, 4) is 0 Å². The van der Waals surface area contributed by atoms with Gasteiger partial charge in [-0.2, -0.15) is 0 Å². The lowest BCUT2D eigenvalue weighted by atomic mass is 10.0. The fourth-order valence-electron chi connectivity index (χ4n) is 2.87. The third kappa shape index (κ3) is 4.54. The van der Waals surface area contributed by atoms with Gasteiger partial charge in [0.05, 0.1) is 13.2 Å². The van der Waals surface area contributed by atoms with E-state index in [4.69, 9.17) is 4.74 Å². The van der Waals surface area contributed by atoms with Crippen LogP contribution in [0.4, 0.5) is 0 Å². The Morgan fingerprint density at radius 3 is 3.00 bits per heavy atom. The van der Waals surface area contributed by atoms with Crippen molar-refractivity contribution < 1.29 is 4.74 Å². The van der Waals surface area contributed by atoms with Crippen molar-refractivity contribution in [2.24, 2.45) is 5.92 Å². The third-order valence-electron chi connectivity index (χ3n) is 3.94. The van der Waals surface area contributed by atoms with Crippen molar-refractivity contribution in [2.45, 2.75) is 18.9 Å². The van der Waals surface area contributed by atoms with Crippen LogP contribution in [0, 0.1) is 5.92 Å². The first kappa shape index (κ1) is 13.3. The molecule has 2 saturated heterocycles. The van der Waals surface area contributed by atoms with Gasteiger partial charge >= 0.3 is 0 Å². The van der Waals surface area contributed by atoms with Crippen LogP contribution >= 0.6 is 0 Å². The molecule has 0 spiro atoms. The average Bonchev–Trinajstić information content (AvgIpc) is 2.74. The van der Waals surface area contributed by atoms with Crippen LogP contribution in [0.2, 0.25) is 0 Å². The number of likely N-dealkylation sites (tertiary alicyclic amines) is 1. The minimum atomic E-state index is 0.528. The fourth-order valence-corrected chi connectivity index (χ4v) is 2.87. The lowest BCUT2D eigenvalue weighted by Crippen LogP contribution is -2.47. The van der Waals surface area contributed by atoms with Gasteiger partial charge in [-0.25, -0.2) is 0 Å². The summed E-state index contributed by atoms with van der Waals surface area (Å²) in [6.07, 6.45) is 2.73. The molecule has 4 heteroatoms. The molecular formula is C13H27N3O. The van der Waals surface area contributed by atoms with Gasteiger partial charge < -0.3 is 19.9 Å². The van der Waals surface area contributed by atoms with Crippen LogP contribution in [0.25, 0.3) is 0 Å². The molecular weight excluding hydrogens is 214 g/mol. The lowest BCUT2D eigenvalue weighted by molar-refractivity contribution is 0.0647. The molecule has 2 aliphatic heterocycles. The normalized spacial score (nSPS) is 31.2. The Kier molecular flexibility index (Phi) is 5.22. The van der Waals surface area contributed by atoms with Crippen molar-refractivity contribution in [1.82, 2.24) is 15.1 Å². The van der Waals surface area contributed by atoms with E-state index in [0.29, 0.717) is 6.04 Å². The van der Waals surface area contributed by atoms with E-state index in [1.807, 2.05) is 0 Å². The second-order valence-corrected chi connectivity index (χ2v) is 5.69. The summed E-state index contributed by atoms with van der Waals surface area (Å²) in [6.45, 7) is 7.65. The summed E-state index contributed by atoms with van der Waals surface area (Å²) in [5.41, 5.74) is 0. The van der Waals surface area contributed by atoms with Crippen LogP contribution in [0.15, 0.2) is 0 Å². The Bertz CT molecular complexity index is 219. The SMILES string of the molecule is CN1CCC(CCN(C)CC2COCCN2)C1. The van der Waals surface area contributed by atoms with E-state index in [1.165, 1.54) is 32.5 Å². The van der Waals surface area contributed by atoms with Gasteiger partial charge in [-0.05, 0) is 45.9 Å². The maximum absolute atomic E-state index is 5.48. The highest BCUT2D eigenvalue weighted by molar-refractivity contribution is 4.76. The first-order valence-electron chi connectivity index (χ1n) is 6.92. The summed E-state index contributed by atoms with van der Waals surface area (Å²) in [5.74, 6) is 0.915. The maximum Gasteiger partial charge on any atom is 0.0632 e. The third-order valence-corrected chi connectivity index (χ3v) is 3.94. The lowest BCUT2D eigenvalue weighted by Gasteiger charge is -2.28. The number of nitrogens with zero attached hydrogens (tertiary/aromatic N) is 2. The molecule has 2 atom stereocenters. The summed E-state index contributed by atoms with van der Waals surface area (Å²) < 4.78 is 5.48. The van der Waals surface area contributed by atoms with Gasteiger partial charge in [0.1, 0.15) is 0 Å². The van der Waals surface area contributed by atoms with E-state index in [2.05, 4.69) is 29.2 Å². The zero-order valence-electron chi connectivity index (χ0n) is 11.3. The number of rotatable bonds is 5. The van der Waals surface area contributed by atoms with Crippen LogP contribution in [0.3, 0.4) is 0 Å². The summed E-state index contributed by atoms with van der Waals surface area (Å²) in [5, 5.41) is 3.51. The number of nitrogens with one attached hydrogen (secondary N) is 1. The van der Waals surface area contributed by atoms with E-state index in [1.54, 1.807) is 0 Å². The van der Waals surface area contributed by atoms with Gasteiger partial charge in [0.2, 0.25) is 0 Å². The summed E-state index contributed by atoms with van der Waals surface area (Å²) >= 11 is 0. The molecule has 2 heterocycles. The molecule has 17 heavy (non-hydrogen) atoms. The number of ether oxygens (including phenoxy) is 1. The molecule has 0 saturated carbocycles. The van der Waals surface area contributed by atoms with Crippen molar-refractivity contribution in [1.29, 1.82) is 0 Å². The number of hydrogen-bond donors (Lipinski definition) is 1. The first-order chi connectivity index (χ1) is 8.24. The molecule has 0 amide bonds. The Hall–Kier alpha value is -0.160. The molecule has 100 valence electrons. The molecule has 2 unspecified atom stereocenters. The van der Waals surface area contributed by atoms with Crippen molar-refractivity contribution in [2.75, 3.05) is 60.0 Å². The second-order valence-electron chi connectivity index (χ2n) is 5.69. The van der Waals surface area contributed by atoms with Gasteiger partial charge in [-0.1, -0.05) is 0 Å². The molecule has 2 fully saturated rings. The van der Waals surface area contributed by atoms with Gasteiger partial charge in [0.25, 0.3) is 0 Å². The van der Waals surface area contributed by atoms with Gasteiger partial charge in [0.15, 0.2) is 0 Å². The summed E-state index contributed by atoms with van der Waals surface area (Å²) in [6, 6.07) is 0.528. The molecule has 0 aromatic carbocycles. The minimum Gasteiger partial charge on any atom is -0.378 e. The minimum absolute atomic E-state index is 0.528. The Morgan fingerprint density at radius 2 is 2.35 bits per heavy atom. The zero-order chi connectivity index (χ0) is 12.1. The average molecular weight is 241 g/mol. The van der Waals surface area contributed by atoms with Gasteiger partial charge in [-0.15, -0.1) is 0 Å². The standard InChI is InChI=1S/C13H27N3O/c1-15-6-3-12(9-15)4-7-16(2)10-13-11-17-8-5-14-13/h12-14H,3-11H2,1-2H3. The van der Waals surface area contributed by atoms with Crippen molar-refractivity contribution in [3.63, 3.8) is 0 Å². The van der Waals surface area contributed by atoms with E-state index >= 15 is 0 Å². The molecule has 0 aromatic heterocycles. The van der Waals surface area contributed by atoms with Crippen LogP contribution in [0.1, 0.15) is 12.8 Å². The predicted molar refractivity (Wildman–Crippen MR) is 70.3 cm³/mol. The molecule has 0 aromatic rings. The van der Waals surface area contributed by atoms with E-state index in [0.717, 1.165) is 32.2 Å². The predicted octanol–water partition coefficient (Wildman–Crippen LogP) is 0.248. The molecule has 2 rings (SSSR count). The Labute approximate surface area is 105 Å². The van der Waals surface area contributed by atoms with E-state index in [-0.39, 0.29) is 0 Å². The zero-order valence-corrected chi connectivity index (χ0v) is 11.3. The highest BCUT2D eigenvalue weighted by Crippen LogP contribution is 2.17. The highest BCUT2D eigenvalue weighted by Gasteiger charge is 2.20. The van der Waals surface area contributed by atoms with Crippen LogP contribution in [-0.2, 0) is 4.74 Å². The maximum atomic E-state index is 5.48. The number of morpholine rings is 1. The summed E-state index contributed by atoms with van der Waals surface area (Å²) in [4.78, 5) is 4.89. The Balaban J connectivity index is 1.58. The van der Waals surface area contributed by atoms with E-state index in [9.17, 15) is 0 Å². The number of likely N-dealkylation sites (N-methyl/N-ethyl adjacent to an activating group) is 1. The largest absolute Gasteiger partial charge is 0.378 e. The smallest absolute Gasteiger partial charge is 0.0632 e. The van der Waals surface area contributed by atoms with Crippen LogP contribution in [-0.4, -0.2) is 75.9 Å². The number of hydrogen-bond acceptors (Lipinski definition) is 4. The molecule has 4 nitrogen and oxygen atoms in total. The first-order valence-corrected chi connectivity index (χ1v) is 6.92. The van der Waals surface area contributed by atoms with Crippen molar-refractivity contribution in [3.05, 3.63) is 0 Å². The topological polar surface area (TPSA) is 27.7 Å². The molecule has 0 aliphatic carbocycles. The van der Waals surface area contributed by atoms with Crippen LogP contribution in [0.5, 0.6) is 0 Å². The molecule has 0 bridgehead atoms. The quantitative estimate of drug-likeness (QED) is 0.747. The summed E-state index contributed by atoms with van der Waals surface area (Å²) in [7, 11) is 4.46. The molecule has 2 aliphatic rings. The molecule has 1 N–H and O–H groups in total. The van der Waals surface area contributed by atoms with Gasteiger partial charge in [0, 0.05) is 25.7 Å². The highest BCUT2D eigenvalue weighted by atomic mass is 16.5. The van der Waals surface area contributed by atoms with Gasteiger partial charge in [-0.3, -0.25) is 0 Å². The van der Waals surface area contributed by atoms with Crippen LogP contribution < -0.4 is 5.32 Å². The second kappa shape index (κ2) is 6.69. The Morgan fingerprint density at radius 1 is 1.47 bits per heavy atom. The fraction of sp³-hybridized carbons (Fsp3) is 1.00. The van der Waals surface area contributed by atoms with Crippen molar-refractivity contribution >= 4 is 0 Å². The molecule has 0 radical (unpaired) electrons.